The van der Waals surface area contributed by atoms with Crippen molar-refractivity contribution < 1.29 is 0 Å². The fourth-order valence-corrected chi connectivity index (χ4v) is 11.9. The Labute approximate surface area is 327 Å². The number of rotatable bonds is 4. The molecule has 6 aromatic rings. The van der Waals surface area contributed by atoms with Gasteiger partial charge in [0.25, 0.3) is 0 Å². The fraction of sp³-hybridized carbons (Fsp3) is 0.273. The van der Waals surface area contributed by atoms with E-state index in [0.717, 1.165) is 0 Å². The molecule has 0 N–H and O–H groups in total. The van der Waals surface area contributed by atoms with Gasteiger partial charge in [-0.1, -0.05) is 174 Å². The quantitative estimate of drug-likeness (QED) is 0.171. The van der Waals surface area contributed by atoms with Gasteiger partial charge in [0.05, 0.1) is 0 Å². The molecule has 5 aliphatic carbocycles. The van der Waals surface area contributed by atoms with E-state index in [0.29, 0.717) is 0 Å². The van der Waals surface area contributed by atoms with E-state index >= 15 is 0 Å². The summed E-state index contributed by atoms with van der Waals surface area (Å²) in [6.07, 6.45) is 18.0. The summed E-state index contributed by atoms with van der Waals surface area (Å²) in [6.45, 7) is 4.83. The first-order valence-corrected chi connectivity index (χ1v) is 21.1. The van der Waals surface area contributed by atoms with Gasteiger partial charge >= 0.3 is 0 Å². The molecule has 0 radical (unpaired) electrons. The average Bonchev–Trinajstić information content (AvgIpc) is 3.81. The molecule has 0 saturated heterocycles. The van der Waals surface area contributed by atoms with Crippen molar-refractivity contribution in [3.8, 4) is 33.4 Å². The molecule has 2 spiro atoms. The van der Waals surface area contributed by atoms with E-state index in [-0.39, 0.29) is 16.2 Å². The van der Waals surface area contributed by atoms with Crippen LogP contribution in [0.2, 0.25) is 0 Å². The second kappa shape index (κ2) is 12.4. The minimum Gasteiger partial charge on any atom is -0.0619 e. The van der Waals surface area contributed by atoms with Gasteiger partial charge in [-0.2, -0.15) is 0 Å². The Morgan fingerprint density at radius 1 is 0.345 bits per heavy atom. The molecule has 6 aromatic carbocycles. The highest BCUT2D eigenvalue weighted by molar-refractivity contribution is 5.96. The molecule has 0 nitrogen and oxygen atoms in total. The molecule has 55 heavy (non-hydrogen) atoms. The summed E-state index contributed by atoms with van der Waals surface area (Å²) in [5.41, 5.74) is 22.9. The maximum atomic E-state index is 2.49. The van der Waals surface area contributed by atoms with Crippen molar-refractivity contribution in [3.05, 3.63) is 178 Å². The van der Waals surface area contributed by atoms with Crippen molar-refractivity contribution in [2.45, 2.75) is 94.3 Å². The summed E-state index contributed by atoms with van der Waals surface area (Å²) in [5.74, 6) is 0. The first-order valence-electron chi connectivity index (χ1n) is 21.1. The molecule has 0 heterocycles. The zero-order chi connectivity index (χ0) is 36.8. The fourth-order valence-electron chi connectivity index (χ4n) is 11.9. The van der Waals surface area contributed by atoms with Crippen LogP contribution in [-0.4, -0.2) is 0 Å². The van der Waals surface area contributed by atoms with Gasteiger partial charge in [-0.3, -0.25) is 0 Å². The van der Waals surface area contributed by atoms with Crippen molar-refractivity contribution in [3.63, 3.8) is 0 Å². The van der Waals surface area contributed by atoms with E-state index in [1.807, 2.05) is 0 Å². The van der Waals surface area contributed by atoms with E-state index < -0.39 is 0 Å². The molecular formula is C55H50. The van der Waals surface area contributed by atoms with E-state index in [9.17, 15) is 0 Å². The van der Waals surface area contributed by atoms with Gasteiger partial charge in [-0.15, -0.1) is 0 Å². The van der Waals surface area contributed by atoms with Gasteiger partial charge in [0.1, 0.15) is 0 Å². The smallest absolute Gasteiger partial charge is 0.0215 e. The minimum atomic E-state index is -0.0852. The highest BCUT2D eigenvalue weighted by Gasteiger charge is 2.44. The molecule has 270 valence electrons. The predicted molar refractivity (Wildman–Crippen MR) is 233 cm³/mol. The molecule has 0 aromatic heterocycles. The van der Waals surface area contributed by atoms with Crippen molar-refractivity contribution in [1.82, 2.24) is 0 Å². The second-order valence-electron chi connectivity index (χ2n) is 17.9. The first kappa shape index (κ1) is 33.2. The van der Waals surface area contributed by atoms with Crippen LogP contribution in [-0.2, 0) is 16.2 Å². The number of hydrogen-bond acceptors (Lipinski definition) is 0. The third-order valence-corrected chi connectivity index (χ3v) is 14.7. The normalized spacial score (nSPS) is 19.4. The largest absolute Gasteiger partial charge is 0.0619 e. The van der Waals surface area contributed by atoms with E-state index in [4.69, 9.17) is 0 Å². The van der Waals surface area contributed by atoms with Crippen LogP contribution in [0, 0.1) is 0 Å². The van der Waals surface area contributed by atoms with Crippen molar-refractivity contribution in [1.29, 1.82) is 0 Å². The van der Waals surface area contributed by atoms with Crippen LogP contribution in [0.5, 0.6) is 0 Å². The topological polar surface area (TPSA) is 0 Å². The number of hydrogen-bond donors (Lipinski definition) is 0. The molecule has 0 aliphatic heterocycles. The molecule has 2 fully saturated rings. The minimum absolute atomic E-state index is 0.0852. The Morgan fingerprint density at radius 2 is 0.709 bits per heavy atom. The van der Waals surface area contributed by atoms with Crippen LogP contribution in [0.3, 0.4) is 0 Å². The van der Waals surface area contributed by atoms with E-state index in [2.05, 4.69) is 159 Å². The molecule has 11 rings (SSSR count). The lowest BCUT2D eigenvalue weighted by atomic mass is 9.65. The third kappa shape index (κ3) is 4.96. The monoisotopic (exact) mass is 710 g/mol. The molecule has 0 amide bonds. The Morgan fingerprint density at radius 3 is 1.13 bits per heavy atom. The zero-order valence-electron chi connectivity index (χ0n) is 32.4. The van der Waals surface area contributed by atoms with Crippen molar-refractivity contribution in [2.75, 3.05) is 0 Å². The van der Waals surface area contributed by atoms with E-state index in [1.54, 1.807) is 11.1 Å². The van der Waals surface area contributed by atoms with Gasteiger partial charge in [0, 0.05) is 16.2 Å². The lowest BCUT2D eigenvalue weighted by Crippen LogP contribution is -2.28. The zero-order valence-corrected chi connectivity index (χ0v) is 32.4. The summed E-state index contributed by atoms with van der Waals surface area (Å²) in [4.78, 5) is 0. The molecule has 0 unspecified atom stereocenters. The number of allylic oxidation sites excluding steroid dienone is 2. The average molecular weight is 711 g/mol. The standard InChI is InChI=1S/C55H50/c1-53(2)51-33-41(37-17-21-39(22-18-37)49-35-43-13-5-7-15-47(43)54(49)29-9-3-10-30-54)25-27-45(51)46-28-26-42(34-52(46)53)38-19-23-40(24-20-38)50-36-44-14-6-8-16-48(44)55(50)31-11-4-12-32-55/h5-8,13-28,33-36H,3-4,9-12,29-32H2,1-2H3. The summed E-state index contributed by atoms with van der Waals surface area (Å²) in [7, 11) is 0. The van der Waals surface area contributed by atoms with E-state index in [1.165, 1.54) is 142 Å². The highest BCUT2D eigenvalue weighted by Crippen LogP contribution is 2.57. The van der Waals surface area contributed by atoms with Gasteiger partial charge in [0.15, 0.2) is 0 Å². The molecule has 0 atom stereocenters. The van der Waals surface area contributed by atoms with Crippen LogP contribution in [0.4, 0.5) is 0 Å². The lowest BCUT2D eigenvalue weighted by Gasteiger charge is -2.38. The Kier molecular flexibility index (Phi) is 7.48. The lowest BCUT2D eigenvalue weighted by molar-refractivity contribution is 0.372. The predicted octanol–water partition coefficient (Wildman–Crippen LogP) is 14.8. The maximum absolute atomic E-state index is 2.49. The Balaban J connectivity index is 0.874. The van der Waals surface area contributed by atoms with Gasteiger partial charge in [-0.05, 0) is 139 Å². The van der Waals surface area contributed by atoms with Crippen molar-refractivity contribution in [2.24, 2.45) is 0 Å². The summed E-state index contributed by atoms with van der Waals surface area (Å²) in [5, 5.41) is 0. The number of fused-ring (bicyclic) bond motifs is 7. The summed E-state index contributed by atoms with van der Waals surface area (Å²) in [6, 6.07) is 51.7. The number of benzene rings is 6. The van der Waals surface area contributed by atoms with Crippen LogP contribution in [0.1, 0.15) is 123 Å². The highest BCUT2D eigenvalue weighted by atomic mass is 14.5. The summed E-state index contributed by atoms with van der Waals surface area (Å²) >= 11 is 0. The summed E-state index contributed by atoms with van der Waals surface area (Å²) < 4.78 is 0. The molecule has 5 aliphatic rings. The molecule has 0 heteroatoms. The third-order valence-electron chi connectivity index (χ3n) is 14.7. The second-order valence-corrected chi connectivity index (χ2v) is 17.9. The molecule has 0 bridgehead atoms. The van der Waals surface area contributed by atoms with Gasteiger partial charge < -0.3 is 0 Å². The van der Waals surface area contributed by atoms with Crippen LogP contribution in [0.25, 0.3) is 56.7 Å². The van der Waals surface area contributed by atoms with Crippen LogP contribution in [0.15, 0.2) is 133 Å². The van der Waals surface area contributed by atoms with Crippen molar-refractivity contribution >= 4 is 23.3 Å². The molecule has 2 saturated carbocycles. The maximum Gasteiger partial charge on any atom is 0.0215 e. The van der Waals surface area contributed by atoms with Gasteiger partial charge in [0.2, 0.25) is 0 Å². The first-order chi connectivity index (χ1) is 26.9. The SMILES string of the molecule is CC1(C)c2cc(-c3ccc(C4=Cc5ccccc5C45CCCCC5)cc3)ccc2-c2ccc(-c3ccc(C4=Cc5ccccc5C45CCCCC5)cc3)cc21. The Bertz CT molecular complexity index is 2360. The molecular weight excluding hydrogens is 661 g/mol. The Hall–Kier alpha value is -5.20. The van der Waals surface area contributed by atoms with Gasteiger partial charge in [-0.25, -0.2) is 0 Å². The van der Waals surface area contributed by atoms with Crippen LogP contribution >= 0.6 is 0 Å². The van der Waals surface area contributed by atoms with Crippen LogP contribution < -0.4 is 0 Å².